The number of hydrogen-bond donors (Lipinski definition) is 0. The van der Waals surface area contributed by atoms with E-state index in [0.717, 1.165) is 32.7 Å². The Balaban J connectivity index is 1.64. The predicted octanol–water partition coefficient (Wildman–Crippen LogP) is 5.11. The zero-order valence-electron chi connectivity index (χ0n) is 21.8. The minimum absolute atomic E-state index is 0.210. The minimum Gasteiger partial charge on any atom is -0.497 e. The summed E-state index contributed by atoms with van der Waals surface area (Å²) in [6, 6.07) is 25.3. The molecule has 0 spiro atoms. The van der Waals surface area contributed by atoms with Crippen molar-refractivity contribution in [2.24, 2.45) is 4.99 Å². The van der Waals surface area contributed by atoms with Crippen LogP contribution in [0, 0.1) is 0 Å². The Morgan fingerprint density at radius 3 is 2.36 bits per heavy atom. The lowest BCUT2D eigenvalue weighted by molar-refractivity contribution is -0.139. The molecule has 1 aliphatic heterocycles. The average molecular weight is 535 g/mol. The summed E-state index contributed by atoms with van der Waals surface area (Å²) >= 11 is 1.32. The van der Waals surface area contributed by atoms with Crippen LogP contribution < -0.4 is 19.6 Å². The topological polar surface area (TPSA) is 69.9 Å². The Kier molecular flexibility index (Phi) is 6.37. The van der Waals surface area contributed by atoms with Crippen molar-refractivity contribution in [3.63, 3.8) is 0 Å². The molecule has 7 heteroatoms. The Bertz CT molecular complexity index is 1930. The van der Waals surface area contributed by atoms with E-state index in [1.807, 2.05) is 54.6 Å². The number of thiazole rings is 1. The first-order valence-electron chi connectivity index (χ1n) is 12.7. The second-order valence-corrected chi connectivity index (χ2v) is 10.3. The molecule has 0 saturated carbocycles. The van der Waals surface area contributed by atoms with Gasteiger partial charge < -0.3 is 9.47 Å². The number of methoxy groups -OCH3 is 1. The monoisotopic (exact) mass is 534 g/mol. The Hall–Kier alpha value is -4.49. The fourth-order valence-electron chi connectivity index (χ4n) is 5.25. The Labute approximate surface area is 228 Å². The molecule has 0 N–H and O–H groups in total. The first-order valence-corrected chi connectivity index (χ1v) is 13.6. The number of carbonyl (C=O) groups excluding carboxylic acids is 1. The highest BCUT2D eigenvalue weighted by atomic mass is 32.1. The molecule has 194 valence electrons. The summed E-state index contributed by atoms with van der Waals surface area (Å²) in [7, 11) is 1.59. The molecule has 0 aliphatic carbocycles. The molecule has 0 radical (unpaired) electrons. The van der Waals surface area contributed by atoms with Crippen LogP contribution in [0.5, 0.6) is 5.75 Å². The third-order valence-corrected chi connectivity index (χ3v) is 8.00. The van der Waals surface area contributed by atoms with E-state index in [1.54, 1.807) is 25.5 Å². The highest BCUT2D eigenvalue weighted by Crippen LogP contribution is 2.33. The van der Waals surface area contributed by atoms with Crippen LogP contribution >= 0.6 is 11.3 Å². The number of esters is 1. The summed E-state index contributed by atoms with van der Waals surface area (Å²) in [5.41, 5.74) is 2.39. The van der Waals surface area contributed by atoms with Gasteiger partial charge in [0, 0.05) is 0 Å². The number of carbonyl (C=O) groups is 1. The zero-order valence-corrected chi connectivity index (χ0v) is 22.6. The second kappa shape index (κ2) is 10.0. The first kappa shape index (κ1) is 24.8. The van der Waals surface area contributed by atoms with E-state index in [4.69, 9.17) is 14.5 Å². The molecule has 0 unspecified atom stereocenters. The van der Waals surface area contributed by atoms with Crippen molar-refractivity contribution >= 4 is 44.9 Å². The molecule has 0 bridgehead atoms. The normalized spacial score (nSPS) is 15.4. The maximum Gasteiger partial charge on any atom is 0.338 e. The molecule has 1 aliphatic rings. The van der Waals surface area contributed by atoms with Crippen LogP contribution in [-0.4, -0.2) is 24.3 Å². The summed E-state index contributed by atoms with van der Waals surface area (Å²) in [5.74, 6) is 0.149. The van der Waals surface area contributed by atoms with Gasteiger partial charge in [0.15, 0.2) is 4.80 Å². The fourth-order valence-corrected chi connectivity index (χ4v) is 6.28. The highest BCUT2D eigenvalue weighted by Gasteiger charge is 2.33. The minimum atomic E-state index is -0.693. The summed E-state index contributed by atoms with van der Waals surface area (Å²) < 4.78 is 13.0. The number of aromatic nitrogens is 1. The van der Waals surface area contributed by atoms with Gasteiger partial charge in [-0.15, -0.1) is 0 Å². The van der Waals surface area contributed by atoms with Crippen molar-refractivity contribution in [3.8, 4) is 5.75 Å². The van der Waals surface area contributed by atoms with Crippen molar-refractivity contribution in [2.75, 3.05) is 13.7 Å². The molecule has 39 heavy (non-hydrogen) atoms. The highest BCUT2D eigenvalue weighted by molar-refractivity contribution is 7.07. The Morgan fingerprint density at radius 1 is 1.00 bits per heavy atom. The summed E-state index contributed by atoms with van der Waals surface area (Å²) in [6.07, 6.45) is 1.96. The van der Waals surface area contributed by atoms with Crippen molar-refractivity contribution in [1.29, 1.82) is 0 Å². The van der Waals surface area contributed by atoms with Crippen LogP contribution in [0.1, 0.15) is 31.0 Å². The third-order valence-electron chi connectivity index (χ3n) is 7.01. The molecule has 1 aromatic heterocycles. The van der Waals surface area contributed by atoms with Crippen LogP contribution in [-0.2, 0) is 9.53 Å². The van der Waals surface area contributed by atoms with E-state index < -0.39 is 12.0 Å². The molecule has 5 aromatic rings. The molecule has 6 nitrogen and oxygen atoms in total. The average Bonchev–Trinajstić information content (AvgIpc) is 3.26. The molecule has 1 atom stereocenters. The maximum atomic E-state index is 14.1. The van der Waals surface area contributed by atoms with Crippen LogP contribution in [0.3, 0.4) is 0 Å². The van der Waals surface area contributed by atoms with Crippen molar-refractivity contribution in [3.05, 3.63) is 121 Å². The van der Waals surface area contributed by atoms with Gasteiger partial charge in [-0.25, -0.2) is 9.79 Å². The number of fused-ring (bicyclic) bond motifs is 3. The van der Waals surface area contributed by atoms with Gasteiger partial charge in [0.25, 0.3) is 5.56 Å². The van der Waals surface area contributed by atoms with Gasteiger partial charge in [-0.3, -0.25) is 9.36 Å². The molecule has 2 heterocycles. The summed E-state index contributed by atoms with van der Waals surface area (Å²) in [4.78, 5) is 32.5. The maximum absolute atomic E-state index is 14.1. The summed E-state index contributed by atoms with van der Waals surface area (Å²) in [6.45, 7) is 3.77. The molecule has 0 saturated heterocycles. The lowest BCUT2D eigenvalue weighted by atomic mass is 9.95. The number of benzene rings is 4. The smallest absolute Gasteiger partial charge is 0.338 e. The zero-order chi connectivity index (χ0) is 27.1. The number of nitrogens with zero attached hydrogens (tertiary/aromatic N) is 2. The van der Waals surface area contributed by atoms with Crippen molar-refractivity contribution < 1.29 is 14.3 Å². The van der Waals surface area contributed by atoms with Crippen LogP contribution in [0.4, 0.5) is 0 Å². The molecule has 6 rings (SSSR count). The van der Waals surface area contributed by atoms with E-state index in [0.29, 0.717) is 26.4 Å². The van der Waals surface area contributed by atoms with E-state index in [9.17, 15) is 9.59 Å². The fraction of sp³-hybridized carbons (Fsp3) is 0.156. The van der Waals surface area contributed by atoms with Gasteiger partial charge in [0.2, 0.25) is 0 Å². The SMILES string of the molecule is CCOC(=O)C1=C(C)N=c2s/c(=C\c3c4ccccc4cc4ccccc34)c(=O)n2[C@@H]1c1cccc(OC)c1. The third kappa shape index (κ3) is 4.25. The number of ether oxygens (including phenoxy) is 2. The van der Waals surface area contributed by atoms with Gasteiger partial charge in [-0.1, -0.05) is 72.0 Å². The van der Waals surface area contributed by atoms with Crippen LogP contribution in [0.15, 0.2) is 99.9 Å². The standard InChI is InChI=1S/C32H26N2O4S/c1-4-38-31(36)28-19(2)33-32-34(29(28)22-12-9-13-23(17-22)37-3)30(35)27(39-32)18-26-24-14-7-5-10-20(24)16-21-11-6-8-15-25(21)26/h5-18,29H,4H2,1-3H3/b27-18-/t29-/m1/s1. The van der Waals surface area contributed by atoms with Crippen LogP contribution in [0.2, 0.25) is 0 Å². The molecule has 4 aromatic carbocycles. The first-order chi connectivity index (χ1) is 19.0. The van der Waals surface area contributed by atoms with Gasteiger partial charge >= 0.3 is 5.97 Å². The number of hydrogen-bond acceptors (Lipinski definition) is 6. The number of rotatable bonds is 5. The Morgan fingerprint density at radius 2 is 1.69 bits per heavy atom. The van der Waals surface area contributed by atoms with Crippen molar-refractivity contribution in [1.82, 2.24) is 4.57 Å². The van der Waals surface area contributed by atoms with Gasteiger partial charge in [0.05, 0.1) is 35.6 Å². The lowest BCUT2D eigenvalue weighted by Crippen LogP contribution is -2.39. The van der Waals surface area contributed by atoms with E-state index in [2.05, 4.69) is 30.3 Å². The molecule has 0 amide bonds. The predicted molar refractivity (Wildman–Crippen MR) is 155 cm³/mol. The molecular formula is C32H26N2O4S. The van der Waals surface area contributed by atoms with E-state index in [1.165, 1.54) is 11.3 Å². The number of allylic oxidation sites excluding steroid dienone is 1. The molecular weight excluding hydrogens is 508 g/mol. The van der Waals surface area contributed by atoms with Crippen LogP contribution in [0.25, 0.3) is 27.6 Å². The van der Waals surface area contributed by atoms with Gasteiger partial charge in [-0.05, 0) is 70.8 Å². The summed E-state index contributed by atoms with van der Waals surface area (Å²) in [5, 5.41) is 4.33. The largest absolute Gasteiger partial charge is 0.497 e. The van der Waals surface area contributed by atoms with Gasteiger partial charge in [0.1, 0.15) is 5.75 Å². The van der Waals surface area contributed by atoms with Crippen molar-refractivity contribution in [2.45, 2.75) is 19.9 Å². The van der Waals surface area contributed by atoms with E-state index in [-0.39, 0.29) is 12.2 Å². The lowest BCUT2D eigenvalue weighted by Gasteiger charge is -2.25. The quantitative estimate of drug-likeness (QED) is 0.232. The van der Waals surface area contributed by atoms with E-state index >= 15 is 0 Å². The second-order valence-electron chi connectivity index (χ2n) is 9.31. The van der Waals surface area contributed by atoms with Gasteiger partial charge in [-0.2, -0.15) is 0 Å². The molecule has 0 fully saturated rings.